The zero-order chi connectivity index (χ0) is 22.8. The molecule has 3 aromatic rings. The van der Waals surface area contributed by atoms with Gasteiger partial charge in [-0.25, -0.2) is 0 Å². The molecule has 0 spiro atoms. The molecule has 2 aromatic carbocycles. The number of thioether (sulfide) groups is 1. The van der Waals surface area contributed by atoms with E-state index in [1.165, 1.54) is 4.90 Å². The quantitative estimate of drug-likeness (QED) is 0.178. The van der Waals surface area contributed by atoms with E-state index in [2.05, 4.69) is 16.5 Å². The van der Waals surface area contributed by atoms with Crippen LogP contribution in [0.5, 0.6) is 0 Å². The molecule has 2 heterocycles. The Kier molecular flexibility index (Phi) is 6.50. The van der Waals surface area contributed by atoms with Crippen molar-refractivity contribution in [3.8, 4) is 0 Å². The van der Waals surface area contributed by atoms with Crippen LogP contribution in [0.3, 0.4) is 0 Å². The number of nitrogens with zero attached hydrogens (tertiary/aromatic N) is 2. The maximum absolute atomic E-state index is 13.0. The van der Waals surface area contributed by atoms with Crippen LogP contribution < -0.4 is 5.32 Å². The number of rotatable bonds is 6. The lowest BCUT2D eigenvalue weighted by molar-refractivity contribution is -0.128. The predicted octanol–water partition coefficient (Wildman–Crippen LogP) is 4.94. The molecule has 0 bridgehead atoms. The summed E-state index contributed by atoms with van der Waals surface area (Å²) >= 11 is 12.8. The molecule has 162 valence electrons. The Labute approximate surface area is 200 Å². The number of carbonyl (C=O) groups excluding carboxylic acids is 2. The van der Waals surface area contributed by atoms with Crippen molar-refractivity contribution in [1.82, 2.24) is 14.8 Å². The summed E-state index contributed by atoms with van der Waals surface area (Å²) in [5.74, 6) is -0.216. The zero-order valence-corrected chi connectivity index (χ0v) is 19.7. The van der Waals surface area contributed by atoms with Gasteiger partial charge in [0.2, 0.25) is 0 Å². The molecule has 1 aliphatic heterocycles. The van der Waals surface area contributed by atoms with Gasteiger partial charge in [-0.2, -0.15) is 0 Å². The molecule has 2 amide bonds. The van der Waals surface area contributed by atoms with Gasteiger partial charge in [0.1, 0.15) is 5.57 Å². The first-order valence-corrected chi connectivity index (χ1v) is 11.6. The van der Waals surface area contributed by atoms with Gasteiger partial charge in [-0.3, -0.25) is 19.8 Å². The summed E-state index contributed by atoms with van der Waals surface area (Å²) < 4.78 is 2.08. The number of carbonyl (C=O) groups is 2. The molecule has 1 aromatic heterocycles. The molecule has 4 rings (SSSR count). The van der Waals surface area contributed by atoms with Crippen LogP contribution in [-0.4, -0.2) is 32.9 Å². The fourth-order valence-corrected chi connectivity index (χ4v) is 5.07. The highest BCUT2D eigenvalue weighted by molar-refractivity contribution is 7.98. The second kappa shape index (κ2) is 9.32. The SMILES string of the molecule is C=CCN1C(=O)/C(=C/c2c(SCc3ccc(Cl)cc3)n(C)c3ccccc23)C(=O)NC1=S. The zero-order valence-electron chi connectivity index (χ0n) is 17.3. The summed E-state index contributed by atoms with van der Waals surface area (Å²) in [4.78, 5) is 27.0. The summed E-state index contributed by atoms with van der Waals surface area (Å²) in [6.45, 7) is 3.89. The van der Waals surface area contributed by atoms with E-state index in [-0.39, 0.29) is 17.2 Å². The number of amides is 2. The highest BCUT2D eigenvalue weighted by atomic mass is 35.5. The van der Waals surface area contributed by atoms with Crippen molar-refractivity contribution in [3.63, 3.8) is 0 Å². The van der Waals surface area contributed by atoms with Gasteiger partial charge in [0.25, 0.3) is 11.8 Å². The maximum Gasteiger partial charge on any atom is 0.265 e. The third-order valence-corrected chi connectivity index (χ3v) is 6.98. The van der Waals surface area contributed by atoms with Gasteiger partial charge in [0.15, 0.2) is 5.11 Å². The van der Waals surface area contributed by atoms with E-state index < -0.39 is 11.8 Å². The molecule has 8 heteroatoms. The lowest BCUT2D eigenvalue weighted by Crippen LogP contribution is -2.53. The van der Waals surface area contributed by atoms with Crippen molar-refractivity contribution in [2.45, 2.75) is 10.8 Å². The number of para-hydroxylation sites is 1. The minimum atomic E-state index is -0.498. The van der Waals surface area contributed by atoms with E-state index in [0.29, 0.717) is 10.8 Å². The molecule has 0 saturated carbocycles. The van der Waals surface area contributed by atoms with Crippen molar-refractivity contribution >= 4 is 69.5 Å². The minimum Gasteiger partial charge on any atom is -0.338 e. The van der Waals surface area contributed by atoms with Crippen LogP contribution in [0.2, 0.25) is 5.02 Å². The molecular weight excluding hydrogens is 462 g/mol. The summed E-state index contributed by atoms with van der Waals surface area (Å²) in [5.41, 5.74) is 3.01. The Morgan fingerprint density at radius 2 is 1.88 bits per heavy atom. The van der Waals surface area contributed by atoms with E-state index >= 15 is 0 Å². The number of thiocarbonyl (C=S) groups is 1. The minimum absolute atomic E-state index is 0.0464. The van der Waals surface area contributed by atoms with Gasteiger partial charge in [0.05, 0.1) is 5.03 Å². The molecule has 0 atom stereocenters. The number of hydrogen-bond donors (Lipinski definition) is 1. The first-order chi connectivity index (χ1) is 15.4. The molecule has 32 heavy (non-hydrogen) atoms. The normalized spacial score (nSPS) is 15.5. The monoisotopic (exact) mass is 481 g/mol. The van der Waals surface area contributed by atoms with Crippen LogP contribution in [0.25, 0.3) is 17.0 Å². The number of aryl methyl sites for hydroxylation is 1. The lowest BCUT2D eigenvalue weighted by Gasteiger charge is -2.27. The molecule has 1 N–H and O–H groups in total. The van der Waals surface area contributed by atoms with Crippen LogP contribution in [0.15, 0.2) is 71.8 Å². The Hall–Kier alpha value is -2.87. The number of fused-ring (bicyclic) bond motifs is 1. The number of nitrogens with one attached hydrogen (secondary N) is 1. The van der Waals surface area contributed by atoms with Gasteiger partial charge in [0, 0.05) is 40.8 Å². The summed E-state index contributed by atoms with van der Waals surface area (Å²) in [5, 5.41) is 5.31. The predicted molar refractivity (Wildman–Crippen MR) is 135 cm³/mol. The Morgan fingerprint density at radius 1 is 1.16 bits per heavy atom. The van der Waals surface area contributed by atoms with Crippen molar-refractivity contribution in [2.75, 3.05) is 6.54 Å². The average molecular weight is 482 g/mol. The Balaban J connectivity index is 1.78. The number of hydrogen-bond acceptors (Lipinski definition) is 4. The maximum atomic E-state index is 13.0. The van der Waals surface area contributed by atoms with Crippen LogP contribution in [0.4, 0.5) is 0 Å². The smallest absolute Gasteiger partial charge is 0.265 e. The van der Waals surface area contributed by atoms with E-state index in [4.69, 9.17) is 23.8 Å². The van der Waals surface area contributed by atoms with Crippen LogP contribution in [0.1, 0.15) is 11.1 Å². The van der Waals surface area contributed by atoms with Crippen LogP contribution >= 0.6 is 35.6 Å². The molecule has 0 aliphatic carbocycles. The highest BCUT2D eigenvalue weighted by Crippen LogP contribution is 2.36. The van der Waals surface area contributed by atoms with Crippen LogP contribution in [-0.2, 0) is 22.4 Å². The molecule has 1 saturated heterocycles. The summed E-state index contributed by atoms with van der Waals surface area (Å²) in [6, 6.07) is 15.6. The van der Waals surface area contributed by atoms with Gasteiger partial charge in [-0.15, -0.1) is 18.3 Å². The second-order valence-electron chi connectivity index (χ2n) is 7.23. The average Bonchev–Trinajstić information content (AvgIpc) is 3.05. The third-order valence-electron chi connectivity index (χ3n) is 5.17. The van der Waals surface area contributed by atoms with E-state index in [9.17, 15) is 9.59 Å². The fourth-order valence-electron chi connectivity index (χ4n) is 3.58. The molecular formula is C24H20ClN3O2S2. The first-order valence-electron chi connectivity index (χ1n) is 9.85. The molecule has 0 radical (unpaired) electrons. The van der Waals surface area contributed by atoms with E-state index in [1.807, 2.05) is 55.6 Å². The van der Waals surface area contributed by atoms with Gasteiger partial charge < -0.3 is 4.57 Å². The van der Waals surface area contributed by atoms with Gasteiger partial charge >= 0.3 is 0 Å². The number of benzene rings is 2. The van der Waals surface area contributed by atoms with Gasteiger partial charge in [-0.05, 0) is 42.1 Å². The molecule has 5 nitrogen and oxygen atoms in total. The standard InChI is InChI=1S/C24H20ClN3O2S2/c1-3-12-28-22(30)19(21(29)26-24(28)31)13-18-17-6-4-5-7-20(17)27(2)23(18)32-14-15-8-10-16(25)11-9-15/h3-11,13H,1,12,14H2,2H3,(H,26,29,31)/b19-13+. The van der Waals surface area contributed by atoms with Crippen molar-refractivity contribution in [2.24, 2.45) is 7.05 Å². The molecule has 0 unspecified atom stereocenters. The van der Waals surface area contributed by atoms with Gasteiger partial charge in [-0.1, -0.05) is 48.0 Å². The summed E-state index contributed by atoms with van der Waals surface area (Å²) in [6.07, 6.45) is 3.24. The number of halogens is 1. The second-order valence-corrected chi connectivity index (χ2v) is 9.02. The summed E-state index contributed by atoms with van der Waals surface area (Å²) in [7, 11) is 1.98. The van der Waals surface area contributed by atoms with E-state index in [1.54, 1.807) is 23.9 Å². The largest absolute Gasteiger partial charge is 0.338 e. The fraction of sp³-hybridized carbons (Fsp3) is 0.125. The Bertz CT molecular complexity index is 1280. The van der Waals surface area contributed by atoms with Crippen molar-refractivity contribution in [1.29, 1.82) is 0 Å². The van der Waals surface area contributed by atoms with E-state index in [0.717, 1.165) is 27.1 Å². The number of aromatic nitrogens is 1. The van der Waals surface area contributed by atoms with Crippen molar-refractivity contribution < 1.29 is 9.59 Å². The van der Waals surface area contributed by atoms with Crippen molar-refractivity contribution in [3.05, 3.63) is 82.9 Å². The topological polar surface area (TPSA) is 54.3 Å². The first kappa shape index (κ1) is 22.3. The lowest BCUT2D eigenvalue weighted by atomic mass is 10.1. The highest BCUT2D eigenvalue weighted by Gasteiger charge is 2.33. The third kappa shape index (κ3) is 4.24. The Morgan fingerprint density at radius 3 is 2.59 bits per heavy atom. The molecule has 1 fully saturated rings. The van der Waals surface area contributed by atoms with Crippen LogP contribution in [0, 0.1) is 0 Å². The molecule has 1 aliphatic rings.